The number of rotatable bonds is 86. The maximum absolute atomic E-state index is 13.2. The average Bonchev–Trinajstić information content (AvgIpc) is 0.908. The smallest absolute Gasteiger partial charge is 0.462 e. The van der Waals surface area contributed by atoms with Gasteiger partial charge in [0, 0.05) is 25.7 Å². The van der Waals surface area contributed by atoms with E-state index in [0.717, 1.165) is 108 Å². The van der Waals surface area contributed by atoms with Gasteiger partial charge in [-0.2, -0.15) is 0 Å². The molecular formula is C88H172O17P2. The highest BCUT2D eigenvalue weighted by molar-refractivity contribution is 7.47. The van der Waals surface area contributed by atoms with Gasteiger partial charge in [-0.25, -0.2) is 9.13 Å². The lowest BCUT2D eigenvalue weighted by atomic mass is 9.99. The first-order chi connectivity index (χ1) is 51.8. The topological polar surface area (TPSA) is 237 Å². The van der Waals surface area contributed by atoms with Gasteiger partial charge < -0.3 is 33.8 Å². The van der Waals surface area contributed by atoms with Crippen molar-refractivity contribution < 1.29 is 80.2 Å². The Morgan fingerprint density at radius 1 is 0.271 bits per heavy atom. The molecule has 0 aromatic rings. The molecule has 6 atom stereocenters. The standard InChI is InChI=1S/C88H172O17P2/c1-8-10-11-12-13-14-41-48-55-62-69-85(90)98-75-83(105-88(93)72-65-58-51-44-37-31-33-39-46-53-60-67-80(5)6)77-102-106(94,95)100-73-82(89)74-101-107(96,97)103-78-84(76-99-86(91)70-63-56-49-42-35-29-25-21-17-15-19-23-27-32-38-45-52-59-66-79(3)4)104-87(92)71-64-57-50-43-36-30-26-22-18-16-20-24-28-34-40-47-54-61-68-81(7)9-2/h79-84,89H,8-78H2,1-7H3,(H,94,95)(H,96,97)/t81?,82-,83+,84+/m0/s1. The molecule has 0 aliphatic heterocycles. The Morgan fingerprint density at radius 2 is 0.477 bits per heavy atom. The van der Waals surface area contributed by atoms with Crippen molar-refractivity contribution in [2.24, 2.45) is 17.8 Å². The molecule has 0 saturated heterocycles. The Kier molecular flexibility index (Phi) is 76.6. The van der Waals surface area contributed by atoms with Gasteiger partial charge in [-0.1, -0.05) is 414 Å². The first kappa shape index (κ1) is 105. The van der Waals surface area contributed by atoms with Gasteiger partial charge in [0.1, 0.15) is 19.3 Å². The van der Waals surface area contributed by atoms with Gasteiger partial charge in [-0.15, -0.1) is 0 Å². The zero-order chi connectivity index (χ0) is 78.6. The molecule has 0 saturated carbocycles. The summed E-state index contributed by atoms with van der Waals surface area (Å²) < 4.78 is 68.9. The molecule has 0 radical (unpaired) electrons. The summed E-state index contributed by atoms with van der Waals surface area (Å²) >= 11 is 0. The van der Waals surface area contributed by atoms with Crippen molar-refractivity contribution in [2.75, 3.05) is 39.6 Å². The number of carbonyl (C=O) groups is 4. The van der Waals surface area contributed by atoms with Crippen molar-refractivity contribution in [3.8, 4) is 0 Å². The minimum atomic E-state index is -4.97. The quantitative estimate of drug-likeness (QED) is 0.0222. The number of aliphatic hydroxyl groups is 1. The van der Waals surface area contributed by atoms with Gasteiger partial charge in [-0.3, -0.25) is 37.3 Å². The van der Waals surface area contributed by atoms with Gasteiger partial charge in [0.2, 0.25) is 0 Å². The van der Waals surface area contributed by atoms with Crippen LogP contribution in [0.2, 0.25) is 0 Å². The maximum Gasteiger partial charge on any atom is 0.472 e. The summed E-state index contributed by atoms with van der Waals surface area (Å²) in [6.45, 7) is 12.1. The van der Waals surface area contributed by atoms with E-state index in [1.807, 2.05) is 0 Å². The molecule has 0 rings (SSSR count). The number of ether oxygens (including phenoxy) is 4. The van der Waals surface area contributed by atoms with E-state index >= 15 is 0 Å². The molecule has 0 fully saturated rings. The van der Waals surface area contributed by atoms with Gasteiger partial charge >= 0.3 is 39.5 Å². The van der Waals surface area contributed by atoms with Crippen molar-refractivity contribution in [1.29, 1.82) is 0 Å². The van der Waals surface area contributed by atoms with Crippen LogP contribution >= 0.6 is 15.6 Å². The van der Waals surface area contributed by atoms with Crippen LogP contribution in [0.1, 0.15) is 466 Å². The second kappa shape index (κ2) is 78.0. The molecular weight excluding hydrogens is 1390 g/mol. The maximum atomic E-state index is 13.2. The van der Waals surface area contributed by atoms with E-state index in [1.165, 1.54) is 276 Å². The summed E-state index contributed by atoms with van der Waals surface area (Å²) in [6, 6.07) is 0. The average molecular weight is 1560 g/mol. The number of esters is 4. The van der Waals surface area contributed by atoms with Gasteiger partial charge in [0.15, 0.2) is 12.2 Å². The van der Waals surface area contributed by atoms with E-state index < -0.39 is 97.5 Å². The second-order valence-corrected chi connectivity index (χ2v) is 35.7. The second-order valence-electron chi connectivity index (χ2n) is 32.8. The van der Waals surface area contributed by atoms with Crippen molar-refractivity contribution in [3.05, 3.63) is 0 Å². The predicted octanol–water partition coefficient (Wildman–Crippen LogP) is 26.9. The molecule has 0 amide bonds. The van der Waals surface area contributed by atoms with Gasteiger partial charge in [0.05, 0.1) is 26.4 Å². The van der Waals surface area contributed by atoms with Crippen molar-refractivity contribution >= 4 is 39.5 Å². The molecule has 0 bridgehead atoms. The minimum absolute atomic E-state index is 0.107. The Labute approximate surface area is 658 Å². The van der Waals surface area contributed by atoms with E-state index in [-0.39, 0.29) is 25.7 Å². The summed E-state index contributed by atoms with van der Waals surface area (Å²) in [5, 5.41) is 10.7. The molecule has 3 N–H and O–H groups in total. The normalized spacial score (nSPS) is 14.1. The van der Waals surface area contributed by atoms with Crippen LogP contribution in [-0.4, -0.2) is 96.7 Å². The zero-order valence-electron chi connectivity index (χ0n) is 70.6. The lowest BCUT2D eigenvalue weighted by Gasteiger charge is -2.21. The SMILES string of the molecule is CCCCCCCCCCCCC(=O)OC[C@H](COP(=O)(O)OC[C@H](O)COP(=O)(O)OC[C@@H](COC(=O)CCCCCCCCCCCCCCCCCCCCC(C)C)OC(=O)CCCCCCCCCCCCCCCCCCCCC(C)CC)OC(=O)CCCCCCCCCCCCCC(C)C. The first-order valence-electron chi connectivity index (χ1n) is 45.4. The zero-order valence-corrected chi connectivity index (χ0v) is 72.4. The fourth-order valence-corrected chi connectivity index (χ4v) is 15.3. The minimum Gasteiger partial charge on any atom is -0.462 e. The summed E-state index contributed by atoms with van der Waals surface area (Å²) in [6.07, 6.45) is 69.5. The third kappa shape index (κ3) is 80.5. The molecule has 0 spiro atoms. The number of phosphoric acid groups is 2. The molecule has 636 valence electrons. The molecule has 19 heteroatoms. The van der Waals surface area contributed by atoms with Crippen LogP contribution in [0.5, 0.6) is 0 Å². The highest BCUT2D eigenvalue weighted by Crippen LogP contribution is 2.45. The largest absolute Gasteiger partial charge is 0.472 e. The van der Waals surface area contributed by atoms with E-state index in [1.54, 1.807) is 0 Å². The molecule has 0 aromatic carbocycles. The Balaban J connectivity index is 5.21. The summed E-state index contributed by atoms with van der Waals surface area (Å²) in [4.78, 5) is 73.2. The molecule has 17 nitrogen and oxygen atoms in total. The monoisotopic (exact) mass is 1560 g/mol. The Bertz CT molecular complexity index is 2060. The van der Waals surface area contributed by atoms with Crippen molar-refractivity contribution in [3.63, 3.8) is 0 Å². The Morgan fingerprint density at radius 3 is 0.710 bits per heavy atom. The van der Waals surface area contributed by atoms with Crippen LogP contribution in [0.15, 0.2) is 0 Å². The van der Waals surface area contributed by atoms with Crippen LogP contribution in [0.25, 0.3) is 0 Å². The summed E-state index contributed by atoms with van der Waals surface area (Å²) in [5.74, 6) is 0.357. The number of aliphatic hydroxyl groups excluding tert-OH is 1. The predicted molar refractivity (Wildman–Crippen MR) is 441 cm³/mol. The van der Waals surface area contributed by atoms with Crippen LogP contribution in [0.3, 0.4) is 0 Å². The number of hydrogen-bond donors (Lipinski definition) is 3. The van der Waals surface area contributed by atoms with Gasteiger partial charge in [-0.05, 0) is 43.4 Å². The van der Waals surface area contributed by atoms with E-state index in [2.05, 4.69) is 48.5 Å². The molecule has 0 aromatic heterocycles. The number of hydrogen-bond acceptors (Lipinski definition) is 15. The van der Waals surface area contributed by atoms with Crippen LogP contribution < -0.4 is 0 Å². The van der Waals surface area contributed by atoms with Crippen molar-refractivity contribution in [1.82, 2.24) is 0 Å². The highest BCUT2D eigenvalue weighted by Gasteiger charge is 2.31. The number of phosphoric ester groups is 2. The molecule has 107 heavy (non-hydrogen) atoms. The number of carbonyl (C=O) groups excluding carboxylic acids is 4. The lowest BCUT2D eigenvalue weighted by Crippen LogP contribution is -2.30. The van der Waals surface area contributed by atoms with Crippen LogP contribution in [-0.2, 0) is 65.4 Å². The lowest BCUT2D eigenvalue weighted by molar-refractivity contribution is -0.161. The van der Waals surface area contributed by atoms with Crippen molar-refractivity contribution in [2.45, 2.75) is 484 Å². The summed E-state index contributed by atoms with van der Waals surface area (Å²) in [7, 11) is -9.93. The van der Waals surface area contributed by atoms with Crippen LogP contribution in [0.4, 0.5) is 0 Å². The summed E-state index contributed by atoms with van der Waals surface area (Å²) in [5.41, 5.74) is 0. The molecule has 3 unspecified atom stereocenters. The van der Waals surface area contributed by atoms with E-state index in [9.17, 15) is 43.2 Å². The molecule has 0 heterocycles. The first-order valence-corrected chi connectivity index (χ1v) is 48.4. The van der Waals surface area contributed by atoms with Gasteiger partial charge in [0.25, 0.3) is 0 Å². The molecule has 0 aliphatic rings. The fourth-order valence-electron chi connectivity index (χ4n) is 13.7. The van der Waals surface area contributed by atoms with E-state index in [4.69, 9.17) is 37.0 Å². The van der Waals surface area contributed by atoms with E-state index in [0.29, 0.717) is 25.7 Å². The highest BCUT2D eigenvalue weighted by atomic mass is 31.2. The third-order valence-corrected chi connectivity index (χ3v) is 22.9. The third-order valence-electron chi connectivity index (χ3n) is 21.0. The molecule has 0 aliphatic carbocycles. The Hall–Kier alpha value is -1.94. The fraction of sp³-hybridized carbons (Fsp3) is 0.955. The van der Waals surface area contributed by atoms with Crippen LogP contribution in [0, 0.1) is 17.8 Å². The number of unbranched alkanes of at least 4 members (excludes halogenated alkanes) is 53.